The maximum absolute atomic E-state index is 11.8. The molecular formula is C10H17LiNO3. The van der Waals surface area contributed by atoms with Crippen molar-refractivity contribution in [1.29, 1.82) is 0 Å². The maximum atomic E-state index is 11.8. The summed E-state index contributed by atoms with van der Waals surface area (Å²) in [5.74, 6) is -1.55. The molecule has 0 aliphatic carbocycles. The van der Waals surface area contributed by atoms with Gasteiger partial charge in [0, 0.05) is 23.0 Å². The summed E-state index contributed by atoms with van der Waals surface area (Å²) in [4.78, 5) is 10.8. The largest absolute Gasteiger partial charge is 1.00 e. The van der Waals surface area contributed by atoms with E-state index in [-0.39, 0.29) is 18.9 Å². The minimum atomic E-state index is -1.04. The van der Waals surface area contributed by atoms with Gasteiger partial charge < -0.3 is 9.90 Å². The van der Waals surface area contributed by atoms with E-state index in [1.54, 1.807) is 27.7 Å². The molecule has 0 saturated carbocycles. The van der Waals surface area contributed by atoms with Crippen molar-refractivity contribution < 1.29 is 34.0 Å². The third-order valence-corrected chi connectivity index (χ3v) is 2.92. The molecule has 0 aromatic heterocycles. The summed E-state index contributed by atoms with van der Waals surface area (Å²) in [6.45, 7) is 7.10. The van der Waals surface area contributed by atoms with Gasteiger partial charge in [0.15, 0.2) is 0 Å². The van der Waals surface area contributed by atoms with Gasteiger partial charge in [-0.25, -0.2) is 0 Å². The number of hydroxylamine groups is 2. The second-order valence-corrected chi connectivity index (χ2v) is 5.34. The van der Waals surface area contributed by atoms with Crippen LogP contribution >= 0.6 is 0 Å². The average molecular weight is 206 g/mol. The molecule has 0 amide bonds. The van der Waals surface area contributed by atoms with E-state index in [2.05, 4.69) is 0 Å². The summed E-state index contributed by atoms with van der Waals surface area (Å²) in [5.41, 5.74) is -1.24. The second kappa shape index (κ2) is 4.46. The van der Waals surface area contributed by atoms with Crippen LogP contribution in [0.5, 0.6) is 0 Å². The summed E-state index contributed by atoms with van der Waals surface area (Å²) >= 11 is 0. The third-order valence-electron chi connectivity index (χ3n) is 2.92. The standard InChI is InChI=1S/C10H18NO3.Li/c1-9(2)5-7(8(12)13)6-10(3,4)11(9)14;/h7H,5-6H2,1-4H3,(H,12,13);/q;+1/p-1. The molecule has 1 heterocycles. The van der Waals surface area contributed by atoms with Crippen molar-refractivity contribution in [2.24, 2.45) is 5.92 Å². The van der Waals surface area contributed by atoms with Crippen LogP contribution in [0.4, 0.5) is 0 Å². The normalized spacial score (nSPS) is 25.7. The molecule has 0 atom stereocenters. The Morgan fingerprint density at radius 1 is 1.20 bits per heavy atom. The van der Waals surface area contributed by atoms with E-state index in [1.165, 1.54) is 0 Å². The molecule has 81 valence electrons. The van der Waals surface area contributed by atoms with Crippen LogP contribution in [0.1, 0.15) is 40.5 Å². The maximum Gasteiger partial charge on any atom is 1.00 e. The molecule has 1 fully saturated rings. The molecule has 0 unspecified atom stereocenters. The van der Waals surface area contributed by atoms with Crippen molar-refractivity contribution in [2.75, 3.05) is 0 Å². The fraction of sp³-hybridized carbons (Fsp3) is 0.900. The Hall–Kier alpha value is -0.0126. The minimum Gasteiger partial charge on any atom is -0.550 e. The Bertz CT molecular complexity index is 235. The number of carboxylic acid groups (broad SMARTS) is 1. The summed E-state index contributed by atoms with van der Waals surface area (Å²) in [7, 11) is 0. The van der Waals surface area contributed by atoms with Gasteiger partial charge in [-0.2, -0.15) is 0 Å². The monoisotopic (exact) mass is 206 g/mol. The number of aliphatic carboxylic acids is 1. The smallest absolute Gasteiger partial charge is 0.550 e. The number of carboxylic acids is 1. The molecule has 0 aromatic carbocycles. The van der Waals surface area contributed by atoms with Crippen molar-refractivity contribution in [2.45, 2.75) is 51.6 Å². The molecule has 1 rings (SSSR count). The van der Waals surface area contributed by atoms with Crippen molar-refractivity contribution >= 4 is 5.97 Å². The SMILES string of the molecule is CC1(C)CC(C(=O)[O-])CC(C)(C)N1[O].[Li+]. The molecule has 1 radical (unpaired) electrons. The number of hydrogen-bond donors (Lipinski definition) is 0. The van der Waals surface area contributed by atoms with Gasteiger partial charge in [-0.05, 0) is 40.5 Å². The molecule has 0 aromatic rings. The van der Waals surface area contributed by atoms with Crippen LogP contribution in [0.3, 0.4) is 0 Å². The summed E-state index contributed by atoms with van der Waals surface area (Å²) in [5, 5.41) is 23.7. The van der Waals surface area contributed by atoms with Crippen LogP contribution in [0.2, 0.25) is 0 Å². The number of hydrogen-bond acceptors (Lipinski definition) is 3. The number of carbonyl (C=O) groups is 1. The Morgan fingerprint density at radius 3 is 1.80 bits per heavy atom. The summed E-state index contributed by atoms with van der Waals surface area (Å²) in [6, 6.07) is 0. The molecule has 0 N–H and O–H groups in total. The van der Waals surface area contributed by atoms with E-state index in [0.717, 1.165) is 5.06 Å². The molecule has 1 saturated heterocycles. The van der Waals surface area contributed by atoms with Gasteiger partial charge in [0.1, 0.15) is 0 Å². The zero-order valence-electron chi connectivity index (χ0n) is 10.2. The first-order valence-electron chi connectivity index (χ1n) is 4.85. The van der Waals surface area contributed by atoms with Gasteiger partial charge in [-0.3, -0.25) is 0 Å². The van der Waals surface area contributed by atoms with E-state index in [9.17, 15) is 15.1 Å². The number of piperidine rings is 1. The van der Waals surface area contributed by atoms with Crippen LogP contribution in [0.25, 0.3) is 0 Å². The van der Waals surface area contributed by atoms with E-state index < -0.39 is 23.0 Å². The van der Waals surface area contributed by atoms with E-state index >= 15 is 0 Å². The minimum absolute atomic E-state index is 0. The Balaban J connectivity index is 0.00000196. The zero-order chi connectivity index (χ0) is 11.1. The zero-order valence-corrected chi connectivity index (χ0v) is 10.2. The van der Waals surface area contributed by atoms with Gasteiger partial charge >= 0.3 is 18.9 Å². The molecule has 0 spiro atoms. The van der Waals surface area contributed by atoms with Gasteiger partial charge in [-0.15, -0.1) is 10.3 Å². The second-order valence-electron chi connectivity index (χ2n) is 5.34. The van der Waals surface area contributed by atoms with Gasteiger partial charge in [0.2, 0.25) is 0 Å². The molecule has 5 heteroatoms. The van der Waals surface area contributed by atoms with E-state index in [1.807, 2.05) is 0 Å². The fourth-order valence-electron chi connectivity index (χ4n) is 2.43. The van der Waals surface area contributed by atoms with Crippen molar-refractivity contribution in [3.05, 3.63) is 0 Å². The van der Waals surface area contributed by atoms with E-state index in [4.69, 9.17) is 0 Å². The average Bonchev–Trinajstić information content (AvgIpc) is 1.98. The van der Waals surface area contributed by atoms with Crippen molar-refractivity contribution in [3.8, 4) is 0 Å². The number of nitrogens with zero attached hydrogens (tertiary/aromatic N) is 1. The Morgan fingerprint density at radius 2 is 1.53 bits per heavy atom. The van der Waals surface area contributed by atoms with Gasteiger partial charge in [-0.1, -0.05) is 0 Å². The first-order chi connectivity index (χ1) is 6.17. The Kier molecular flexibility index (Phi) is 4.46. The van der Waals surface area contributed by atoms with Crippen molar-refractivity contribution in [3.63, 3.8) is 0 Å². The van der Waals surface area contributed by atoms with Gasteiger partial charge in [0.25, 0.3) is 0 Å². The van der Waals surface area contributed by atoms with Crippen LogP contribution in [-0.2, 0) is 10.0 Å². The first kappa shape index (κ1) is 15.0. The quantitative estimate of drug-likeness (QED) is 0.440. The molecular weight excluding hydrogens is 189 g/mol. The fourth-order valence-corrected chi connectivity index (χ4v) is 2.43. The van der Waals surface area contributed by atoms with E-state index in [0.29, 0.717) is 12.8 Å². The van der Waals surface area contributed by atoms with Crippen LogP contribution in [0.15, 0.2) is 0 Å². The predicted molar refractivity (Wildman–Crippen MR) is 48.4 cm³/mol. The molecule has 0 bridgehead atoms. The summed E-state index contributed by atoms with van der Waals surface area (Å²) < 4.78 is 0. The molecule has 1 aliphatic rings. The van der Waals surface area contributed by atoms with Crippen LogP contribution < -0.4 is 24.0 Å². The van der Waals surface area contributed by atoms with Crippen molar-refractivity contribution in [1.82, 2.24) is 5.06 Å². The number of carbonyl (C=O) groups excluding carboxylic acids is 1. The molecule has 4 nitrogen and oxygen atoms in total. The van der Waals surface area contributed by atoms with Crippen LogP contribution in [-0.4, -0.2) is 22.1 Å². The van der Waals surface area contributed by atoms with Gasteiger partial charge in [0.05, 0.1) is 0 Å². The van der Waals surface area contributed by atoms with Crippen LogP contribution in [0, 0.1) is 5.92 Å². The predicted octanol–water partition coefficient (Wildman–Crippen LogP) is -2.64. The number of rotatable bonds is 1. The molecule has 1 aliphatic heterocycles. The summed E-state index contributed by atoms with van der Waals surface area (Å²) in [6.07, 6.45) is 0.727. The topological polar surface area (TPSA) is 63.3 Å². The first-order valence-corrected chi connectivity index (χ1v) is 4.85. The third kappa shape index (κ3) is 2.98. The Labute approximate surface area is 103 Å². The molecule has 15 heavy (non-hydrogen) atoms.